The van der Waals surface area contributed by atoms with Gasteiger partial charge in [-0.05, 0) is 84.9 Å². The van der Waals surface area contributed by atoms with Gasteiger partial charge in [-0.25, -0.2) is 23.3 Å². The molecule has 55 heavy (non-hydrogen) atoms. The van der Waals surface area contributed by atoms with Crippen molar-refractivity contribution in [1.82, 2.24) is 25.1 Å². The molecule has 5 rings (SSSR count). The highest BCUT2D eigenvalue weighted by Gasteiger charge is 2.37. The van der Waals surface area contributed by atoms with Gasteiger partial charge in [0.15, 0.2) is 29.0 Å². The van der Waals surface area contributed by atoms with E-state index in [0.29, 0.717) is 58.8 Å². The first kappa shape index (κ1) is 41.9. The smallest absolute Gasteiger partial charge is 0.475 e. The number of halogens is 2. The SMILES string of the molecule is COc1cc2c(Nc3cc(CC(=O)Nc4cccc(F)c4F)[nH]n3)ncnc2cc1OCCCN(CCOP(=O)(OC(C)(C)C)OC(C)(C)C)CC1CCC1. The number of fused-ring (bicyclic) bond motifs is 1. The summed E-state index contributed by atoms with van der Waals surface area (Å²) in [7, 11) is -2.26. The van der Waals surface area contributed by atoms with Crippen LogP contribution in [0.25, 0.3) is 10.9 Å². The summed E-state index contributed by atoms with van der Waals surface area (Å²) in [4.78, 5) is 23.6. The predicted molar refractivity (Wildman–Crippen MR) is 206 cm³/mol. The standard InChI is InChI=1S/C38H52F2N7O7P/c1-37(2,3)53-55(49,54-38(4,5)6)52-18-16-47(23-25-11-8-12-25)15-10-17-51-32-22-30-27(21-31(32)50-7)36(42-24-41-30)44-33-19-26(45-46-33)20-34(48)43-29-14-9-13-28(39)35(29)40/h9,13-14,19,21-22,24-25H,8,10-12,15-18,20,23H2,1-7H3,(H,43,48)(H2,41,42,44,45,46). The molecule has 1 fully saturated rings. The number of hydrogen-bond acceptors (Lipinski definition) is 12. The highest BCUT2D eigenvalue weighted by molar-refractivity contribution is 7.48. The topological polar surface area (TPSA) is 162 Å². The number of anilines is 3. The molecule has 0 saturated heterocycles. The lowest BCUT2D eigenvalue weighted by Crippen LogP contribution is -2.36. The van der Waals surface area contributed by atoms with Gasteiger partial charge >= 0.3 is 7.82 Å². The Morgan fingerprint density at radius 2 is 1.75 bits per heavy atom. The van der Waals surface area contributed by atoms with Gasteiger partial charge in [0.25, 0.3) is 0 Å². The number of aromatic nitrogens is 4. The normalized spacial score (nSPS) is 13.9. The molecule has 0 unspecified atom stereocenters. The van der Waals surface area contributed by atoms with Crippen LogP contribution < -0.4 is 20.1 Å². The van der Waals surface area contributed by atoms with Crippen LogP contribution in [0.1, 0.15) is 72.9 Å². The molecule has 2 aromatic heterocycles. The highest BCUT2D eigenvalue weighted by Crippen LogP contribution is 2.55. The van der Waals surface area contributed by atoms with Crippen molar-refractivity contribution in [3.8, 4) is 11.5 Å². The van der Waals surface area contributed by atoms with Crippen LogP contribution in [0.5, 0.6) is 11.5 Å². The van der Waals surface area contributed by atoms with E-state index in [-0.39, 0.29) is 18.7 Å². The maximum Gasteiger partial charge on any atom is 0.475 e. The van der Waals surface area contributed by atoms with Gasteiger partial charge in [0.1, 0.15) is 12.1 Å². The number of nitrogens with one attached hydrogen (secondary N) is 3. The van der Waals surface area contributed by atoms with E-state index < -0.39 is 36.6 Å². The first-order valence-corrected chi connectivity index (χ1v) is 19.8. The minimum atomic E-state index is -3.81. The Kier molecular flexibility index (Phi) is 13.8. The van der Waals surface area contributed by atoms with Crippen LogP contribution in [0.15, 0.2) is 42.7 Å². The van der Waals surface area contributed by atoms with Gasteiger partial charge in [0, 0.05) is 42.8 Å². The van der Waals surface area contributed by atoms with E-state index in [2.05, 4.69) is 35.7 Å². The molecule has 0 radical (unpaired) electrons. The van der Waals surface area contributed by atoms with Gasteiger partial charge in [0.2, 0.25) is 5.91 Å². The monoisotopic (exact) mass is 787 g/mol. The molecule has 0 aliphatic heterocycles. The maximum absolute atomic E-state index is 14.0. The zero-order valence-corrected chi connectivity index (χ0v) is 33.4. The third-order valence-corrected chi connectivity index (χ3v) is 10.5. The lowest BCUT2D eigenvalue weighted by molar-refractivity contribution is -0.115. The van der Waals surface area contributed by atoms with E-state index in [1.54, 1.807) is 25.3 Å². The van der Waals surface area contributed by atoms with E-state index in [4.69, 9.17) is 23.0 Å². The summed E-state index contributed by atoms with van der Waals surface area (Å²) in [5.41, 5.74) is -0.626. The van der Waals surface area contributed by atoms with Crippen LogP contribution >= 0.6 is 7.82 Å². The van der Waals surface area contributed by atoms with Crippen molar-refractivity contribution in [2.24, 2.45) is 5.92 Å². The number of nitrogens with zero attached hydrogens (tertiary/aromatic N) is 4. The van der Waals surface area contributed by atoms with Crippen molar-refractivity contribution in [3.63, 3.8) is 0 Å². The lowest BCUT2D eigenvalue weighted by Gasteiger charge is -2.34. The third kappa shape index (κ3) is 12.7. The number of methoxy groups -OCH3 is 1. The Bertz CT molecular complexity index is 1940. The molecular weight excluding hydrogens is 735 g/mol. The zero-order valence-electron chi connectivity index (χ0n) is 32.5. The lowest BCUT2D eigenvalue weighted by atomic mass is 9.85. The Labute approximate surface area is 320 Å². The molecule has 300 valence electrons. The molecule has 14 nitrogen and oxygen atoms in total. The summed E-state index contributed by atoms with van der Waals surface area (Å²) in [5.74, 6) is -0.279. The van der Waals surface area contributed by atoms with Crippen LogP contribution in [-0.4, -0.2) is 82.1 Å². The quantitative estimate of drug-likeness (QED) is 0.0618. The molecule has 1 saturated carbocycles. The number of H-pyrrole nitrogens is 1. The van der Waals surface area contributed by atoms with Crippen LogP contribution in [0.4, 0.5) is 26.1 Å². The fourth-order valence-electron chi connectivity index (χ4n) is 5.87. The first-order chi connectivity index (χ1) is 26.0. The fraction of sp³-hybridized carbons (Fsp3) is 0.526. The summed E-state index contributed by atoms with van der Waals surface area (Å²) < 4.78 is 70.3. The number of hydrogen-bond donors (Lipinski definition) is 3. The van der Waals surface area contributed by atoms with E-state index in [9.17, 15) is 18.1 Å². The van der Waals surface area contributed by atoms with Crippen LogP contribution in [0, 0.1) is 17.6 Å². The first-order valence-electron chi connectivity index (χ1n) is 18.4. The maximum atomic E-state index is 14.0. The number of phosphoric acid groups is 1. The van der Waals surface area contributed by atoms with Crippen molar-refractivity contribution >= 4 is 42.0 Å². The predicted octanol–water partition coefficient (Wildman–Crippen LogP) is 8.19. The molecule has 2 heterocycles. The number of carbonyl (C=O) groups excluding carboxylic acids is 1. The summed E-state index contributed by atoms with van der Waals surface area (Å²) in [6, 6.07) is 8.74. The van der Waals surface area contributed by atoms with Gasteiger partial charge in [-0.2, -0.15) is 5.10 Å². The number of aromatic amines is 1. The number of amides is 1. The van der Waals surface area contributed by atoms with Crippen LogP contribution in [-0.2, 0) is 29.4 Å². The molecule has 2 aromatic carbocycles. The van der Waals surface area contributed by atoms with E-state index in [1.165, 1.54) is 37.7 Å². The second-order valence-corrected chi connectivity index (χ2v) is 17.0. The molecule has 3 N–H and O–H groups in total. The molecule has 1 aliphatic rings. The molecule has 17 heteroatoms. The van der Waals surface area contributed by atoms with Gasteiger partial charge < -0.3 is 25.0 Å². The van der Waals surface area contributed by atoms with Crippen molar-refractivity contribution in [2.45, 2.75) is 84.8 Å². The van der Waals surface area contributed by atoms with E-state index in [1.807, 2.05) is 41.5 Å². The van der Waals surface area contributed by atoms with Crippen molar-refractivity contribution < 1.29 is 41.2 Å². The van der Waals surface area contributed by atoms with Crippen molar-refractivity contribution in [2.75, 3.05) is 50.6 Å². The molecule has 1 amide bonds. The molecule has 0 atom stereocenters. The summed E-state index contributed by atoms with van der Waals surface area (Å²) in [6.07, 6.45) is 5.59. The molecule has 0 bridgehead atoms. The molecule has 0 spiro atoms. The molecule has 4 aromatic rings. The Hall–Kier alpha value is -4.21. The number of benzene rings is 2. The summed E-state index contributed by atoms with van der Waals surface area (Å²) in [6.45, 7) is 13.7. The van der Waals surface area contributed by atoms with Crippen molar-refractivity contribution in [1.29, 1.82) is 0 Å². The molecular formula is C38H52F2N7O7P. The van der Waals surface area contributed by atoms with Crippen LogP contribution in [0.3, 0.4) is 0 Å². The van der Waals surface area contributed by atoms with E-state index in [0.717, 1.165) is 25.6 Å². The van der Waals surface area contributed by atoms with Gasteiger partial charge in [0.05, 0.1) is 49.2 Å². The number of carbonyl (C=O) groups is 1. The number of ether oxygens (including phenoxy) is 2. The second-order valence-electron chi connectivity index (χ2n) is 15.5. The third-order valence-electron chi connectivity index (χ3n) is 8.42. The van der Waals surface area contributed by atoms with Crippen LogP contribution in [0.2, 0.25) is 0 Å². The largest absolute Gasteiger partial charge is 0.493 e. The van der Waals surface area contributed by atoms with Gasteiger partial charge in [-0.15, -0.1) is 0 Å². The Morgan fingerprint density at radius 3 is 2.42 bits per heavy atom. The van der Waals surface area contributed by atoms with Gasteiger partial charge in [-0.3, -0.25) is 23.5 Å². The number of rotatable bonds is 19. The minimum Gasteiger partial charge on any atom is -0.493 e. The second kappa shape index (κ2) is 18.2. The van der Waals surface area contributed by atoms with Gasteiger partial charge in [-0.1, -0.05) is 12.5 Å². The zero-order chi connectivity index (χ0) is 39.8. The fourth-order valence-corrected chi connectivity index (χ4v) is 7.66. The summed E-state index contributed by atoms with van der Waals surface area (Å²) in [5, 5.41) is 13.1. The average Bonchev–Trinajstić information content (AvgIpc) is 3.50. The summed E-state index contributed by atoms with van der Waals surface area (Å²) >= 11 is 0. The number of phosphoric ester groups is 1. The Morgan fingerprint density at radius 1 is 1.00 bits per heavy atom. The van der Waals surface area contributed by atoms with Crippen molar-refractivity contribution in [3.05, 3.63) is 60.1 Å². The highest BCUT2D eigenvalue weighted by atomic mass is 31.2. The minimum absolute atomic E-state index is 0.156. The Balaban J connectivity index is 1.17. The molecule has 1 aliphatic carbocycles. The average molecular weight is 788 g/mol. The van der Waals surface area contributed by atoms with E-state index >= 15 is 0 Å².